The van der Waals surface area contributed by atoms with Crippen LogP contribution in [0.15, 0.2) is 60.7 Å². The van der Waals surface area contributed by atoms with Gasteiger partial charge >= 0.3 is 0 Å². The molecule has 0 saturated carbocycles. The summed E-state index contributed by atoms with van der Waals surface area (Å²) in [5, 5.41) is 0.177. The van der Waals surface area contributed by atoms with Gasteiger partial charge in [0.2, 0.25) is 0 Å². The van der Waals surface area contributed by atoms with Crippen molar-refractivity contribution in [1.29, 1.82) is 0 Å². The molecule has 1 atom stereocenters. The molecule has 116 valence electrons. The molecule has 2 heteroatoms. The Morgan fingerprint density at radius 2 is 1.45 bits per heavy atom. The molecule has 3 rings (SSSR count). The lowest BCUT2D eigenvalue weighted by atomic mass is 9.69. The fourth-order valence-corrected chi connectivity index (χ4v) is 4.11. The first-order valence-corrected chi connectivity index (χ1v) is 8.54. The van der Waals surface area contributed by atoms with Crippen molar-refractivity contribution in [2.45, 2.75) is 37.1 Å². The fourth-order valence-electron chi connectivity index (χ4n) is 3.67. The van der Waals surface area contributed by atoms with Crippen molar-refractivity contribution in [3.05, 3.63) is 71.8 Å². The van der Waals surface area contributed by atoms with Gasteiger partial charge in [0.25, 0.3) is 0 Å². The standard InChI is InChI=1S/C20H24ClN/c1-16(2)22-14-19(21)13-20(15-22,17-9-5-3-6-10-17)18-11-7-4-8-12-18/h3-12,16,19H,13-15H2,1-2H3. The van der Waals surface area contributed by atoms with Gasteiger partial charge in [-0.1, -0.05) is 60.7 Å². The zero-order valence-corrected chi connectivity index (χ0v) is 14.1. The zero-order valence-electron chi connectivity index (χ0n) is 13.4. The van der Waals surface area contributed by atoms with E-state index in [1.165, 1.54) is 11.1 Å². The van der Waals surface area contributed by atoms with Crippen LogP contribution in [0.25, 0.3) is 0 Å². The molecule has 1 unspecified atom stereocenters. The first-order chi connectivity index (χ1) is 10.6. The Labute approximate surface area is 138 Å². The number of likely N-dealkylation sites (tertiary alicyclic amines) is 1. The smallest absolute Gasteiger partial charge is 0.0475 e. The van der Waals surface area contributed by atoms with Gasteiger partial charge in [-0.3, -0.25) is 4.90 Å². The summed E-state index contributed by atoms with van der Waals surface area (Å²) in [6.45, 7) is 6.52. The third-order valence-corrected chi connectivity index (χ3v) is 5.15. The van der Waals surface area contributed by atoms with E-state index in [4.69, 9.17) is 11.6 Å². The molecule has 0 N–H and O–H groups in total. The van der Waals surface area contributed by atoms with Crippen molar-refractivity contribution in [2.75, 3.05) is 13.1 Å². The highest BCUT2D eigenvalue weighted by Crippen LogP contribution is 2.42. The highest BCUT2D eigenvalue weighted by Gasteiger charge is 2.42. The Bertz CT molecular complexity index is 554. The molecular formula is C20H24ClN. The molecule has 2 aromatic rings. The Balaban J connectivity index is 2.11. The van der Waals surface area contributed by atoms with Crippen molar-refractivity contribution >= 4 is 11.6 Å². The maximum Gasteiger partial charge on any atom is 0.0475 e. The summed E-state index contributed by atoms with van der Waals surface area (Å²) in [4.78, 5) is 2.52. The van der Waals surface area contributed by atoms with E-state index in [1.54, 1.807) is 0 Å². The second kappa shape index (κ2) is 6.44. The minimum absolute atomic E-state index is 0.0164. The highest BCUT2D eigenvalue weighted by molar-refractivity contribution is 6.21. The van der Waals surface area contributed by atoms with Crippen LogP contribution in [0, 0.1) is 0 Å². The number of piperidine rings is 1. The predicted molar refractivity (Wildman–Crippen MR) is 94.6 cm³/mol. The number of rotatable bonds is 3. The van der Waals surface area contributed by atoms with Gasteiger partial charge in [-0.15, -0.1) is 11.6 Å². The van der Waals surface area contributed by atoms with Crippen molar-refractivity contribution in [3.8, 4) is 0 Å². The van der Waals surface area contributed by atoms with Gasteiger partial charge in [0.1, 0.15) is 0 Å². The Morgan fingerprint density at radius 3 is 1.91 bits per heavy atom. The van der Waals surface area contributed by atoms with Crippen molar-refractivity contribution in [3.63, 3.8) is 0 Å². The second-order valence-electron chi connectivity index (χ2n) is 6.64. The van der Waals surface area contributed by atoms with Crippen LogP contribution in [0.4, 0.5) is 0 Å². The SMILES string of the molecule is CC(C)N1CC(Cl)CC(c2ccccc2)(c2ccccc2)C1. The first kappa shape index (κ1) is 15.6. The van der Waals surface area contributed by atoms with Gasteiger partial charge in [-0.2, -0.15) is 0 Å². The van der Waals surface area contributed by atoms with Crippen molar-refractivity contribution < 1.29 is 0 Å². The molecule has 22 heavy (non-hydrogen) atoms. The van der Waals surface area contributed by atoms with Crippen LogP contribution in [0.5, 0.6) is 0 Å². The highest BCUT2D eigenvalue weighted by atomic mass is 35.5. The van der Waals surface area contributed by atoms with E-state index in [9.17, 15) is 0 Å². The maximum atomic E-state index is 6.70. The summed E-state index contributed by atoms with van der Waals surface area (Å²) in [6.07, 6.45) is 0.992. The fraction of sp³-hybridized carbons (Fsp3) is 0.400. The van der Waals surface area contributed by atoms with Crippen LogP contribution in [0.2, 0.25) is 0 Å². The summed E-state index contributed by atoms with van der Waals surface area (Å²) >= 11 is 6.70. The number of benzene rings is 2. The molecular weight excluding hydrogens is 290 g/mol. The quantitative estimate of drug-likeness (QED) is 0.743. The van der Waals surface area contributed by atoms with Gasteiger partial charge in [0.05, 0.1) is 0 Å². The predicted octanol–water partition coefficient (Wildman–Crippen LogP) is 4.69. The van der Waals surface area contributed by atoms with E-state index in [2.05, 4.69) is 79.4 Å². The molecule has 1 aliphatic rings. The van der Waals surface area contributed by atoms with E-state index in [-0.39, 0.29) is 10.8 Å². The van der Waals surface area contributed by atoms with Crippen molar-refractivity contribution in [2.24, 2.45) is 0 Å². The van der Waals surface area contributed by atoms with Crippen LogP contribution in [0.1, 0.15) is 31.4 Å². The van der Waals surface area contributed by atoms with Crippen LogP contribution < -0.4 is 0 Å². The summed E-state index contributed by atoms with van der Waals surface area (Å²) in [6, 6.07) is 22.2. The van der Waals surface area contributed by atoms with Crippen LogP contribution in [-0.4, -0.2) is 29.4 Å². The molecule has 0 spiro atoms. The van der Waals surface area contributed by atoms with E-state index >= 15 is 0 Å². The monoisotopic (exact) mass is 313 g/mol. The third kappa shape index (κ3) is 2.93. The molecule has 2 aromatic carbocycles. The summed E-state index contributed by atoms with van der Waals surface area (Å²) in [7, 11) is 0. The van der Waals surface area contributed by atoms with Crippen LogP contribution >= 0.6 is 11.6 Å². The van der Waals surface area contributed by atoms with Gasteiger partial charge < -0.3 is 0 Å². The average molecular weight is 314 g/mol. The third-order valence-electron chi connectivity index (χ3n) is 4.86. The number of nitrogens with zero attached hydrogens (tertiary/aromatic N) is 1. The number of alkyl halides is 1. The molecule has 1 heterocycles. The first-order valence-electron chi connectivity index (χ1n) is 8.11. The molecule has 0 radical (unpaired) electrons. The molecule has 0 aliphatic carbocycles. The molecule has 0 amide bonds. The Hall–Kier alpha value is -1.31. The zero-order chi connectivity index (χ0) is 15.6. The minimum atomic E-state index is -0.0164. The average Bonchev–Trinajstić information content (AvgIpc) is 2.56. The lowest BCUT2D eigenvalue weighted by Gasteiger charge is -2.47. The number of hydrogen-bond acceptors (Lipinski definition) is 1. The molecule has 1 aliphatic heterocycles. The van der Waals surface area contributed by atoms with Gasteiger partial charge in [0, 0.05) is 29.9 Å². The second-order valence-corrected chi connectivity index (χ2v) is 7.26. The van der Waals surface area contributed by atoms with E-state index in [1.807, 2.05) is 0 Å². The van der Waals surface area contributed by atoms with Crippen LogP contribution in [0.3, 0.4) is 0 Å². The van der Waals surface area contributed by atoms with E-state index < -0.39 is 0 Å². The lowest BCUT2D eigenvalue weighted by molar-refractivity contribution is 0.138. The van der Waals surface area contributed by atoms with E-state index in [0.29, 0.717) is 6.04 Å². The lowest BCUT2D eigenvalue weighted by Crippen LogP contribution is -2.53. The Kier molecular flexibility index (Phi) is 4.56. The summed E-state index contributed by atoms with van der Waals surface area (Å²) < 4.78 is 0. The van der Waals surface area contributed by atoms with Crippen molar-refractivity contribution in [1.82, 2.24) is 4.90 Å². The van der Waals surface area contributed by atoms with Gasteiger partial charge in [-0.25, -0.2) is 0 Å². The van der Waals surface area contributed by atoms with Crippen LogP contribution in [-0.2, 0) is 5.41 Å². The molecule has 1 nitrogen and oxygen atoms in total. The minimum Gasteiger partial charge on any atom is -0.298 e. The normalized spacial score (nSPS) is 21.9. The maximum absolute atomic E-state index is 6.70. The van der Waals surface area contributed by atoms with Gasteiger partial charge in [-0.05, 0) is 31.4 Å². The largest absolute Gasteiger partial charge is 0.298 e. The number of halogens is 1. The Morgan fingerprint density at radius 1 is 0.955 bits per heavy atom. The molecule has 0 bridgehead atoms. The topological polar surface area (TPSA) is 3.24 Å². The molecule has 1 fully saturated rings. The summed E-state index contributed by atoms with van der Waals surface area (Å²) in [5.41, 5.74) is 2.73. The number of hydrogen-bond donors (Lipinski definition) is 0. The summed E-state index contributed by atoms with van der Waals surface area (Å²) in [5.74, 6) is 0. The molecule has 0 aromatic heterocycles. The van der Waals surface area contributed by atoms with E-state index in [0.717, 1.165) is 19.5 Å². The van der Waals surface area contributed by atoms with Gasteiger partial charge in [0.15, 0.2) is 0 Å². The molecule has 1 saturated heterocycles.